The number of alkyl halides is 3. The lowest BCUT2D eigenvalue weighted by molar-refractivity contribution is -0.143. The molecule has 0 aliphatic carbocycles. The third-order valence-corrected chi connectivity index (χ3v) is 7.50. The summed E-state index contributed by atoms with van der Waals surface area (Å²) in [6.45, 7) is 7.18. The molecule has 0 saturated carbocycles. The summed E-state index contributed by atoms with van der Waals surface area (Å²) in [4.78, 5) is 22.3. The van der Waals surface area contributed by atoms with Gasteiger partial charge in [0.25, 0.3) is 5.91 Å². The van der Waals surface area contributed by atoms with Gasteiger partial charge in [-0.1, -0.05) is 30.3 Å². The van der Waals surface area contributed by atoms with Gasteiger partial charge in [0, 0.05) is 42.8 Å². The highest BCUT2D eigenvalue weighted by Gasteiger charge is 2.39. The van der Waals surface area contributed by atoms with Crippen molar-refractivity contribution in [2.24, 2.45) is 0 Å². The smallest absolute Gasteiger partial charge is 0.433 e. The van der Waals surface area contributed by atoms with Gasteiger partial charge in [-0.3, -0.25) is 9.69 Å². The van der Waals surface area contributed by atoms with E-state index in [0.717, 1.165) is 4.52 Å². The number of nitrogens with zero attached hydrogens (tertiary/aromatic N) is 5. The van der Waals surface area contributed by atoms with Gasteiger partial charge in [0.2, 0.25) is 0 Å². The van der Waals surface area contributed by atoms with Crippen LogP contribution in [0.15, 0.2) is 60.8 Å². The predicted molar refractivity (Wildman–Crippen MR) is 142 cm³/mol. The van der Waals surface area contributed by atoms with Gasteiger partial charge in [-0.15, -0.1) is 0 Å². The Bertz CT molecular complexity index is 1490. The summed E-state index contributed by atoms with van der Waals surface area (Å²) in [5.41, 5.74) is 0.727. The van der Waals surface area contributed by atoms with Crippen LogP contribution in [0.25, 0.3) is 16.9 Å². The Morgan fingerprint density at radius 1 is 1.08 bits per heavy atom. The Hall–Kier alpha value is -3.92. The highest BCUT2D eigenvalue weighted by Crippen LogP contribution is 2.37. The van der Waals surface area contributed by atoms with E-state index in [4.69, 9.17) is 4.74 Å². The van der Waals surface area contributed by atoms with Crippen LogP contribution < -0.4 is 4.74 Å². The van der Waals surface area contributed by atoms with E-state index < -0.39 is 11.9 Å². The molecule has 0 N–H and O–H groups in total. The molecule has 10 heteroatoms. The number of amides is 1. The molecule has 0 spiro atoms. The summed E-state index contributed by atoms with van der Waals surface area (Å²) in [5.74, 6) is 0.193. The molecule has 1 aliphatic rings. The molecule has 1 aliphatic heterocycles. The number of benzene rings is 2. The predicted octanol–water partition coefficient (Wildman–Crippen LogP) is 5.64. The van der Waals surface area contributed by atoms with Crippen LogP contribution in [0.3, 0.4) is 0 Å². The summed E-state index contributed by atoms with van der Waals surface area (Å²) < 4.78 is 48.7. The quantitative estimate of drug-likeness (QED) is 0.330. The molecule has 1 fully saturated rings. The van der Waals surface area contributed by atoms with Crippen LogP contribution in [0.5, 0.6) is 5.75 Å². The summed E-state index contributed by atoms with van der Waals surface area (Å²) in [7, 11) is 1.51. The fourth-order valence-corrected chi connectivity index (χ4v) is 5.32. The second-order valence-electron chi connectivity index (χ2n) is 9.88. The molecule has 2 atom stereocenters. The Morgan fingerprint density at radius 2 is 1.77 bits per heavy atom. The van der Waals surface area contributed by atoms with Crippen LogP contribution >= 0.6 is 0 Å². The van der Waals surface area contributed by atoms with Crippen LogP contribution in [0.4, 0.5) is 13.2 Å². The van der Waals surface area contributed by atoms with E-state index in [1.165, 1.54) is 25.8 Å². The Labute approximate surface area is 224 Å². The van der Waals surface area contributed by atoms with Crippen molar-refractivity contribution in [2.45, 2.75) is 39.0 Å². The highest BCUT2D eigenvalue weighted by atomic mass is 19.4. The third-order valence-electron chi connectivity index (χ3n) is 7.50. The zero-order valence-electron chi connectivity index (χ0n) is 22.2. The number of hydrogen-bond acceptors (Lipinski definition) is 5. The topological polar surface area (TPSA) is 63.0 Å². The highest BCUT2D eigenvalue weighted by molar-refractivity contribution is 6.00. The molecular weight excluding hydrogens is 507 g/mol. The Kier molecular flexibility index (Phi) is 7.07. The number of methoxy groups -OCH3 is 1. The summed E-state index contributed by atoms with van der Waals surface area (Å²) in [6, 6.07) is 16.8. The minimum atomic E-state index is -4.70. The van der Waals surface area contributed by atoms with Gasteiger partial charge in [-0.2, -0.15) is 18.3 Å². The molecule has 39 heavy (non-hydrogen) atoms. The molecule has 3 heterocycles. The first kappa shape index (κ1) is 26.7. The van der Waals surface area contributed by atoms with Crippen molar-refractivity contribution >= 4 is 11.6 Å². The number of hydrogen-bond donors (Lipinski definition) is 0. The van der Waals surface area contributed by atoms with E-state index in [9.17, 15) is 18.0 Å². The maximum Gasteiger partial charge on any atom is 0.433 e. The second-order valence-corrected chi connectivity index (χ2v) is 9.88. The molecule has 0 bridgehead atoms. The van der Waals surface area contributed by atoms with Crippen molar-refractivity contribution in [3.05, 3.63) is 83.2 Å². The Balaban J connectivity index is 1.50. The summed E-state index contributed by atoms with van der Waals surface area (Å²) in [6.07, 6.45) is -3.51. The second kappa shape index (κ2) is 10.3. The lowest BCUT2D eigenvalue weighted by atomic mass is 10.0. The van der Waals surface area contributed by atoms with Crippen LogP contribution in [0, 0.1) is 6.92 Å². The fourth-order valence-electron chi connectivity index (χ4n) is 5.32. The maximum absolute atomic E-state index is 14.3. The monoisotopic (exact) mass is 537 g/mol. The van der Waals surface area contributed by atoms with E-state index >= 15 is 0 Å². The first-order chi connectivity index (χ1) is 18.6. The van der Waals surface area contributed by atoms with E-state index in [1.54, 1.807) is 29.2 Å². The number of halogens is 3. The van der Waals surface area contributed by atoms with Crippen LogP contribution in [0.2, 0.25) is 0 Å². The SMILES string of the molecule is COc1ccc(-c2nc3c(C(=O)N4CCN([C@@H](C)c5ccccc5)C[C@H]4C)cnn3c(C(F)(F)F)c2C)cc1. The van der Waals surface area contributed by atoms with Crippen molar-refractivity contribution in [3.8, 4) is 17.0 Å². The molecule has 5 rings (SSSR count). The van der Waals surface area contributed by atoms with E-state index in [1.807, 2.05) is 25.1 Å². The zero-order valence-corrected chi connectivity index (χ0v) is 22.2. The van der Waals surface area contributed by atoms with Gasteiger partial charge in [0.15, 0.2) is 11.3 Å². The lowest BCUT2D eigenvalue weighted by Gasteiger charge is -2.42. The lowest BCUT2D eigenvalue weighted by Crippen LogP contribution is -2.54. The molecule has 204 valence electrons. The van der Waals surface area contributed by atoms with Gasteiger partial charge in [0.1, 0.15) is 11.3 Å². The zero-order chi connectivity index (χ0) is 27.9. The molecule has 4 aromatic rings. The van der Waals surface area contributed by atoms with Crippen molar-refractivity contribution in [1.29, 1.82) is 0 Å². The van der Waals surface area contributed by atoms with Gasteiger partial charge < -0.3 is 9.64 Å². The standard InChI is InChI=1S/C29H30F3N5O2/c1-18-17-35(20(3)21-8-6-5-7-9-21)14-15-36(18)28(38)24-16-33-37-26(29(30,31)32)19(2)25(34-27(24)37)22-10-12-23(39-4)13-11-22/h5-13,16,18,20H,14-15,17H2,1-4H3/t18-,20+/m1/s1. The van der Waals surface area contributed by atoms with Gasteiger partial charge in [-0.05, 0) is 50.6 Å². The average molecular weight is 538 g/mol. The molecular formula is C29H30F3N5O2. The largest absolute Gasteiger partial charge is 0.497 e. The number of carbonyl (C=O) groups is 1. The summed E-state index contributed by atoms with van der Waals surface area (Å²) in [5, 5.41) is 3.99. The molecule has 2 aromatic heterocycles. The molecule has 1 saturated heterocycles. The number of ether oxygens (including phenoxy) is 1. The van der Waals surface area contributed by atoms with Gasteiger partial charge >= 0.3 is 6.18 Å². The molecule has 1 amide bonds. The maximum atomic E-state index is 14.3. The molecule has 0 radical (unpaired) electrons. The van der Waals surface area contributed by atoms with Crippen LogP contribution in [-0.2, 0) is 6.18 Å². The van der Waals surface area contributed by atoms with E-state index in [-0.39, 0.29) is 40.5 Å². The van der Waals surface area contributed by atoms with E-state index in [0.29, 0.717) is 30.9 Å². The van der Waals surface area contributed by atoms with Crippen molar-refractivity contribution < 1.29 is 22.7 Å². The number of fused-ring (bicyclic) bond motifs is 1. The number of rotatable bonds is 5. The number of carbonyl (C=O) groups excluding carboxylic acids is 1. The minimum Gasteiger partial charge on any atom is -0.497 e. The van der Waals surface area contributed by atoms with Crippen LogP contribution in [0.1, 0.15) is 47.1 Å². The van der Waals surface area contributed by atoms with E-state index in [2.05, 4.69) is 34.0 Å². The Morgan fingerprint density at radius 3 is 2.38 bits per heavy atom. The minimum absolute atomic E-state index is 0.0478. The first-order valence-electron chi connectivity index (χ1n) is 12.8. The average Bonchev–Trinajstić information content (AvgIpc) is 3.34. The van der Waals surface area contributed by atoms with Crippen molar-refractivity contribution in [2.75, 3.05) is 26.7 Å². The first-order valence-corrected chi connectivity index (χ1v) is 12.8. The van der Waals surface area contributed by atoms with Gasteiger partial charge in [-0.25, -0.2) is 9.50 Å². The summed E-state index contributed by atoms with van der Waals surface area (Å²) >= 11 is 0. The van der Waals surface area contributed by atoms with Crippen molar-refractivity contribution in [3.63, 3.8) is 0 Å². The number of piperazine rings is 1. The number of aromatic nitrogens is 3. The van der Waals surface area contributed by atoms with Crippen molar-refractivity contribution in [1.82, 2.24) is 24.4 Å². The fraction of sp³-hybridized carbons (Fsp3) is 0.345. The third kappa shape index (κ3) is 4.96. The molecule has 0 unspecified atom stereocenters. The van der Waals surface area contributed by atoms with Crippen LogP contribution in [-0.4, -0.2) is 63.1 Å². The molecule has 7 nitrogen and oxygen atoms in total. The van der Waals surface area contributed by atoms with Gasteiger partial charge in [0.05, 0.1) is 19.0 Å². The molecule has 2 aromatic carbocycles. The normalized spacial score (nSPS) is 17.4.